The molecule has 0 spiro atoms. The standard InChI is InChI=1S/C7H5N5O4/c13-4-1-3(9-7(15)10-4)6(14)16-5-2-8-12-11-5/h1-2H,(H,8,11,12)(H2,9,10,13,15). The second-order valence-corrected chi connectivity index (χ2v) is 2.70. The molecule has 0 fully saturated rings. The zero-order valence-electron chi connectivity index (χ0n) is 7.68. The Hall–Kier alpha value is -2.71. The number of nitrogens with zero attached hydrogens (tertiary/aromatic N) is 2. The van der Waals surface area contributed by atoms with Crippen LogP contribution in [-0.2, 0) is 0 Å². The summed E-state index contributed by atoms with van der Waals surface area (Å²) in [7, 11) is 0. The molecule has 2 rings (SSSR count). The topological polar surface area (TPSA) is 134 Å². The van der Waals surface area contributed by atoms with Gasteiger partial charge in [-0.05, 0) is 0 Å². The molecule has 0 saturated heterocycles. The van der Waals surface area contributed by atoms with Gasteiger partial charge in [0.1, 0.15) is 11.9 Å². The molecule has 0 saturated carbocycles. The molecule has 3 N–H and O–H groups in total. The molecule has 82 valence electrons. The fraction of sp³-hybridized carbons (Fsp3) is 0. The van der Waals surface area contributed by atoms with Crippen molar-refractivity contribution in [2.24, 2.45) is 0 Å². The molecule has 0 atom stereocenters. The number of carbonyl (C=O) groups excluding carboxylic acids is 1. The summed E-state index contributed by atoms with van der Waals surface area (Å²) in [6, 6.07) is 0.907. The third-order valence-electron chi connectivity index (χ3n) is 1.57. The molecule has 0 bridgehead atoms. The molecule has 2 aromatic rings. The van der Waals surface area contributed by atoms with E-state index < -0.39 is 17.2 Å². The van der Waals surface area contributed by atoms with Crippen LogP contribution < -0.4 is 16.0 Å². The fourth-order valence-electron chi connectivity index (χ4n) is 0.969. The SMILES string of the molecule is O=C(Oc1cn[nH]n1)c1cc(=O)[nH]c(=O)[nH]1. The Kier molecular flexibility index (Phi) is 2.34. The van der Waals surface area contributed by atoms with Crippen molar-refractivity contribution in [3.8, 4) is 5.88 Å². The molecule has 0 radical (unpaired) electrons. The van der Waals surface area contributed by atoms with E-state index in [2.05, 4.69) is 25.1 Å². The Morgan fingerprint density at radius 1 is 1.31 bits per heavy atom. The monoisotopic (exact) mass is 223 g/mol. The van der Waals surface area contributed by atoms with E-state index in [-0.39, 0.29) is 11.6 Å². The van der Waals surface area contributed by atoms with Crippen molar-refractivity contribution >= 4 is 5.97 Å². The van der Waals surface area contributed by atoms with Crippen LogP contribution in [0.5, 0.6) is 5.88 Å². The lowest BCUT2D eigenvalue weighted by atomic mass is 10.4. The predicted octanol–water partition coefficient (Wildman–Crippen LogP) is -1.60. The Labute approximate surface area is 86.5 Å². The molecule has 0 unspecified atom stereocenters. The molecule has 0 amide bonds. The Bertz CT molecular complexity index is 582. The van der Waals surface area contributed by atoms with E-state index in [4.69, 9.17) is 0 Å². The minimum absolute atomic E-state index is 0.0638. The molecule has 0 aliphatic carbocycles. The van der Waals surface area contributed by atoms with Gasteiger partial charge in [-0.3, -0.25) is 9.78 Å². The van der Waals surface area contributed by atoms with Crippen LogP contribution in [0.15, 0.2) is 21.9 Å². The zero-order valence-corrected chi connectivity index (χ0v) is 7.68. The molecule has 9 nitrogen and oxygen atoms in total. The summed E-state index contributed by atoms with van der Waals surface area (Å²) in [5, 5.41) is 9.11. The Morgan fingerprint density at radius 2 is 2.12 bits per heavy atom. The average molecular weight is 223 g/mol. The Morgan fingerprint density at radius 3 is 2.75 bits per heavy atom. The molecule has 2 aromatic heterocycles. The van der Waals surface area contributed by atoms with Crippen molar-refractivity contribution in [3.05, 3.63) is 38.8 Å². The summed E-state index contributed by atoms with van der Waals surface area (Å²) in [6.07, 6.45) is 1.17. The predicted molar refractivity (Wildman–Crippen MR) is 49.0 cm³/mol. The lowest BCUT2D eigenvalue weighted by Crippen LogP contribution is -2.26. The van der Waals surface area contributed by atoms with Crippen LogP contribution in [0.4, 0.5) is 0 Å². The largest absolute Gasteiger partial charge is 0.399 e. The van der Waals surface area contributed by atoms with Crippen LogP contribution in [-0.4, -0.2) is 31.3 Å². The van der Waals surface area contributed by atoms with Crippen LogP contribution in [0.25, 0.3) is 0 Å². The van der Waals surface area contributed by atoms with Gasteiger partial charge in [-0.2, -0.15) is 10.3 Å². The summed E-state index contributed by atoms with van der Waals surface area (Å²) < 4.78 is 4.68. The smallest absolute Gasteiger partial charge is 0.361 e. The second kappa shape index (κ2) is 3.81. The Balaban J connectivity index is 2.28. The lowest BCUT2D eigenvalue weighted by Gasteiger charge is -1.98. The first-order valence-corrected chi connectivity index (χ1v) is 4.07. The van der Waals surface area contributed by atoms with Gasteiger partial charge in [-0.25, -0.2) is 9.59 Å². The lowest BCUT2D eigenvalue weighted by molar-refractivity contribution is 0.0720. The molecular formula is C7H5N5O4. The van der Waals surface area contributed by atoms with Gasteiger partial charge in [0.15, 0.2) is 0 Å². The van der Waals surface area contributed by atoms with E-state index in [0.29, 0.717) is 0 Å². The number of carbonyl (C=O) groups is 1. The molecule has 16 heavy (non-hydrogen) atoms. The number of hydrogen-bond acceptors (Lipinski definition) is 6. The number of rotatable bonds is 2. The van der Waals surface area contributed by atoms with Crippen molar-refractivity contribution in [1.29, 1.82) is 0 Å². The first kappa shape index (κ1) is 9.83. The summed E-state index contributed by atoms with van der Waals surface area (Å²) in [4.78, 5) is 37.2. The van der Waals surface area contributed by atoms with Gasteiger partial charge in [0.2, 0.25) is 0 Å². The van der Waals surface area contributed by atoms with Crippen molar-refractivity contribution in [2.45, 2.75) is 0 Å². The number of esters is 1. The number of aromatic amines is 3. The fourth-order valence-corrected chi connectivity index (χ4v) is 0.969. The summed E-state index contributed by atoms with van der Waals surface area (Å²) >= 11 is 0. The first-order valence-electron chi connectivity index (χ1n) is 4.07. The third kappa shape index (κ3) is 2.03. The van der Waals surface area contributed by atoms with E-state index in [1.807, 2.05) is 4.98 Å². The molecule has 0 aliphatic heterocycles. The minimum atomic E-state index is -0.905. The third-order valence-corrected chi connectivity index (χ3v) is 1.57. The number of H-pyrrole nitrogens is 3. The highest BCUT2D eigenvalue weighted by Gasteiger charge is 2.11. The first-order chi connectivity index (χ1) is 7.65. The normalized spacial score (nSPS) is 10.0. The van der Waals surface area contributed by atoms with Crippen LogP contribution in [0, 0.1) is 0 Å². The van der Waals surface area contributed by atoms with Crippen molar-refractivity contribution in [1.82, 2.24) is 25.4 Å². The highest BCUT2D eigenvalue weighted by atomic mass is 16.5. The number of nitrogens with one attached hydrogen (secondary N) is 3. The second-order valence-electron chi connectivity index (χ2n) is 2.70. The van der Waals surface area contributed by atoms with E-state index in [0.717, 1.165) is 6.07 Å². The van der Waals surface area contributed by atoms with Crippen LogP contribution in [0.1, 0.15) is 10.5 Å². The maximum Gasteiger partial charge on any atom is 0.361 e. The maximum atomic E-state index is 11.4. The van der Waals surface area contributed by atoms with Crippen molar-refractivity contribution < 1.29 is 9.53 Å². The van der Waals surface area contributed by atoms with E-state index in [1.165, 1.54) is 6.20 Å². The highest BCUT2D eigenvalue weighted by Crippen LogP contribution is 2.02. The number of ether oxygens (including phenoxy) is 1. The van der Waals surface area contributed by atoms with Gasteiger partial charge in [0.05, 0.1) is 0 Å². The molecular weight excluding hydrogens is 218 g/mol. The molecule has 9 heteroatoms. The van der Waals surface area contributed by atoms with E-state index >= 15 is 0 Å². The van der Waals surface area contributed by atoms with E-state index in [9.17, 15) is 14.4 Å². The summed E-state index contributed by atoms with van der Waals surface area (Å²) in [5.41, 5.74) is -1.76. The van der Waals surface area contributed by atoms with E-state index in [1.54, 1.807) is 0 Å². The minimum Gasteiger partial charge on any atom is -0.399 e. The van der Waals surface area contributed by atoms with Gasteiger partial charge in [-0.15, -0.1) is 5.10 Å². The van der Waals surface area contributed by atoms with Gasteiger partial charge in [0, 0.05) is 6.07 Å². The van der Waals surface area contributed by atoms with Crippen LogP contribution >= 0.6 is 0 Å². The van der Waals surface area contributed by atoms with Gasteiger partial charge < -0.3 is 9.72 Å². The van der Waals surface area contributed by atoms with Crippen LogP contribution in [0.2, 0.25) is 0 Å². The average Bonchev–Trinajstić information content (AvgIpc) is 2.68. The number of hydrogen-bond donors (Lipinski definition) is 3. The van der Waals surface area contributed by atoms with Crippen LogP contribution in [0.3, 0.4) is 0 Å². The van der Waals surface area contributed by atoms with Gasteiger partial charge >= 0.3 is 11.7 Å². The highest BCUT2D eigenvalue weighted by molar-refractivity contribution is 5.88. The molecule has 2 heterocycles. The molecule has 0 aliphatic rings. The van der Waals surface area contributed by atoms with Crippen molar-refractivity contribution in [3.63, 3.8) is 0 Å². The molecule has 0 aromatic carbocycles. The zero-order chi connectivity index (χ0) is 11.5. The number of aromatic nitrogens is 5. The quantitative estimate of drug-likeness (QED) is 0.525. The van der Waals surface area contributed by atoms with Crippen molar-refractivity contribution in [2.75, 3.05) is 0 Å². The summed E-state index contributed by atoms with van der Waals surface area (Å²) in [6.45, 7) is 0. The van der Waals surface area contributed by atoms with Gasteiger partial charge in [0.25, 0.3) is 11.4 Å². The summed E-state index contributed by atoms with van der Waals surface area (Å²) in [5.74, 6) is -0.969. The van der Waals surface area contributed by atoms with Gasteiger partial charge in [-0.1, -0.05) is 0 Å². The maximum absolute atomic E-state index is 11.4.